The van der Waals surface area contributed by atoms with E-state index in [1.165, 1.54) is 11.8 Å². The van der Waals surface area contributed by atoms with Crippen LogP contribution in [0.3, 0.4) is 0 Å². The fourth-order valence-electron chi connectivity index (χ4n) is 3.99. The van der Waals surface area contributed by atoms with Gasteiger partial charge < -0.3 is 15.2 Å². The second-order valence-corrected chi connectivity index (χ2v) is 8.35. The number of aromatic nitrogens is 5. The van der Waals surface area contributed by atoms with E-state index < -0.39 is 6.67 Å². The lowest BCUT2D eigenvalue weighted by Crippen LogP contribution is -2.30. The van der Waals surface area contributed by atoms with Crippen LogP contribution in [0.25, 0.3) is 27.8 Å². The quantitative estimate of drug-likeness (QED) is 0.430. The van der Waals surface area contributed by atoms with Crippen LogP contribution < -0.4 is 10.1 Å². The Balaban J connectivity index is 1.84. The molecule has 2 N–H and O–H groups in total. The first-order valence-corrected chi connectivity index (χ1v) is 10.9. The molecule has 0 atom stereocenters. The van der Waals surface area contributed by atoms with E-state index in [1.807, 2.05) is 33.8 Å². The maximum Gasteiger partial charge on any atom is 0.256 e. The first kappa shape index (κ1) is 23.2. The molecule has 1 amide bonds. The number of aromatic hydroxyl groups is 1. The molecule has 0 aromatic carbocycles. The van der Waals surface area contributed by atoms with E-state index in [0.29, 0.717) is 39.1 Å². The van der Waals surface area contributed by atoms with Gasteiger partial charge in [0.25, 0.3) is 5.91 Å². The van der Waals surface area contributed by atoms with Crippen molar-refractivity contribution in [3.8, 4) is 28.7 Å². The summed E-state index contributed by atoms with van der Waals surface area (Å²) >= 11 is 0. The highest BCUT2D eigenvalue weighted by Gasteiger charge is 2.22. The highest BCUT2D eigenvalue weighted by atomic mass is 19.1. The number of nitrogens with zero attached hydrogens (tertiary/aromatic N) is 5. The Hall–Kier alpha value is -3.95. The van der Waals surface area contributed by atoms with Crippen LogP contribution in [0.2, 0.25) is 0 Å². The van der Waals surface area contributed by atoms with E-state index in [9.17, 15) is 14.3 Å². The smallest absolute Gasteiger partial charge is 0.256 e. The number of halogens is 1. The molecular weight excluding hydrogens is 439 g/mol. The molecule has 0 bridgehead atoms. The van der Waals surface area contributed by atoms with Crippen molar-refractivity contribution in [2.75, 3.05) is 13.8 Å². The number of fused-ring (bicyclic) bond motifs is 1. The predicted octanol–water partition coefficient (Wildman–Crippen LogP) is 3.72. The van der Waals surface area contributed by atoms with Crippen molar-refractivity contribution in [2.45, 2.75) is 40.3 Å². The summed E-state index contributed by atoms with van der Waals surface area (Å²) < 4.78 is 21.1. The van der Waals surface area contributed by atoms with Crippen LogP contribution in [0.1, 0.15) is 35.5 Å². The molecule has 4 rings (SSSR count). The largest absolute Gasteiger partial charge is 0.494 e. The molecule has 10 heteroatoms. The normalized spacial score (nSPS) is 11.4. The van der Waals surface area contributed by atoms with Crippen molar-refractivity contribution >= 4 is 16.8 Å². The van der Waals surface area contributed by atoms with Crippen molar-refractivity contribution in [3.63, 3.8) is 0 Å². The fraction of sp³-hybridized carbons (Fsp3) is 0.333. The third-order valence-corrected chi connectivity index (χ3v) is 5.53. The third kappa shape index (κ3) is 4.07. The summed E-state index contributed by atoms with van der Waals surface area (Å²) in [6, 6.07) is 3.49. The summed E-state index contributed by atoms with van der Waals surface area (Å²) in [5.41, 5.74) is 4.28. The summed E-state index contributed by atoms with van der Waals surface area (Å²) in [7, 11) is 1.47. The molecule has 0 spiro atoms. The number of nitrogens with one attached hydrogen (secondary N) is 1. The molecule has 0 aliphatic heterocycles. The van der Waals surface area contributed by atoms with E-state index in [0.717, 1.165) is 5.56 Å². The zero-order valence-electron chi connectivity index (χ0n) is 19.8. The zero-order valence-corrected chi connectivity index (χ0v) is 19.8. The Morgan fingerprint density at radius 2 is 2.03 bits per heavy atom. The van der Waals surface area contributed by atoms with Crippen LogP contribution >= 0.6 is 0 Å². The van der Waals surface area contributed by atoms with Gasteiger partial charge in [0, 0.05) is 29.7 Å². The van der Waals surface area contributed by atoms with Crippen LogP contribution in [0.5, 0.6) is 11.8 Å². The molecule has 0 saturated heterocycles. The van der Waals surface area contributed by atoms with E-state index >= 15 is 0 Å². The fourth-order valence-corrected chi connectivity index (χ4v) is 3.99. The highest BCUT2D eigenvalue weighted by Crippen LogP contribution is 2.37. The second-order valence-electron chi connectivity index (χ2n) is 8.35. The Morgan fingerprint density at radius 3 is 2.71 bits per heavy atom. The summed E-state index contributed by atoms with van der Waals surface area (Å²) in [6.45, 7) is 7.09. The summed E-state index contributed by atoms with van der Waals surface area (Å²) in [5, 5.41) is 18.6. The van der Waals surface area contributed by atoms with Crippen LogP contribution in [0, 0.1) is 13.8 Å². The van der Waals surface area contributed by atoms with Crippen LogP contribution in [0.15, 0.2) is 30.7 Å². The Kier molecular flexibility index (Phi) is 6.23. The van der Waals surface area contributed by atoms with E-state index in [-0.39, 0.29) is 30.3 Å². The molecule has 0 aliphatic carbocycles. The first-order valence-electron chi connectivity index (χ1n) is 10.9. The number of pyridine rings is 2. The Labute approximate surface area is 196 Å². The number of methoxy groups -OCH3 is 1. The maximum atomic E-state index is 12.7. The standard InChI is InChI=1S/C24H27FN6O3/c1-13(2)28-22(32)18-9-16(10-26-23(18)34-5)19-8-14(3)20-21(29-19)15(4)31(24(20)33)17-11-27-30(12-17)7-6-25/h8-13,33H,6-7H2,1-5H3,(H,28,32). The van der Waals surface area contributed by atoms with Crippen LogP contribution in [-0.2, 0) is 6.54 Å². The monoisotopic (exact) mass is 466 g/mol. The molecule has 34 heavy (non-hydrogen) atoms. The average Bonchev–Trinajstić information content (AvgIpc) is 3.35. The van der Waals surface area contributed by atoms with Crippen LogP contribution in [0.4, 0.5) is 4.39 Å². The molecular formula is C24H27FN6O3. The van der Waals surface area contributed by atoms with Gasteiger partial charge in [0.2, 0.25) is 11.8 Å². The molecule has 0 saturated carbocycles. The number of alkyl halides is 1. The van der Waals surface area contributed by atoms with Gasteiger partial charge in [-0.3, -0.25) is 14.0 Å². The minimum absolute atomic E-state index is 0.0358. The molecule has 4 heterocycles. The van der Waals surface area contributed by atoms with Gasteiger partial charge in [0.1, 0.15) is 12.2 Å². The van der Waals surface area contributed by atoms with Gasteiger partial charge >= 0.3 is 0 Å². The van der Waals surface area contributed by atoms with Gasteiger partial charge in [-0.05, 0) is 45.4 Å². The summed E-state index contributed by atoms with van der Waals surface area (Å²) in [5.74, 6) is -0.0251. The topological polar surface area (TPSA) is 107 Å². The van der Waals surface area contributed by atoms with Crippen LogP contribution in [-0.4, -0.2) is 55.2 Å². The lowest BCUT2D eigenvalue weighted by molar-refractivity contribution is 0.0939. The number of carbonyl (C=O) groups excluding carboxylic acids is 1. The van der Waals surface area contributed by atoms with Gasteiger partial charge in [-0.25, -0.2) is 14.4 Å². The third-order valence-electron chi connectivity index (χ3n) is 5.53. The number of hydrogen-bond acceptors (Lipinski definition) is 6. The molecule has 178 valence electrons. The second kappa shape index (κ2) is 9.12. The van der Waals surface area contributed by atoms with Crippen molar-refractivity contribution in [1.29, 1.82) is 0 Å². The van der Waals surface area contributed by atoms with Gasteiger partial charge in [-0.2, -0.15) is 5.10 Å². The van der Waals surface area contributed by atoms with Gasteiger partial charge in [0.05, 0.1) is 42.1 Å². The lowest BCUT2D eigenvalue weighted by atomic mass is 10.1. The van der Waals surface area contributed by atoms with E-state index in [1.54, 1.807) is 29.2 Å². The van der Waals surface area contributed by atoms with Crippen molar-refractivity contribution in [2.24, 2.45) is 0 Å². The van der Waals surface area contributed by atoms with Crippen molar-refractivity contribution in [3.05, 3.63) is 47.5 Å². The molecule has 4 aromatic rings. The summed E-state index contributed by atoms with van der Waals surface area (Å²) in [6.07, 6.45) is 4.85. The number of ether oxygens (including phenoxy) is 1. The minimum atomic E-state index is -0.531. The van der Waals surface area contributed by atoms with Gasteiger partial charge in [-0.15, -0.1) is 0 Å². The highest BCUT2D eigenvalue weighted by molar-refractivity contribution is 5.98. The Morgan fingerprint density at radius 1 is 1.26 bits per heavy atom. The maximum absolute atomic E-state index is 12.7. The number of amides is 1. The number of carbonyl (C=O) groups is 1. The zero-order chi connectivity index (χ0) is 24.6. The van der Waals surface area contributed by atoms with Crippen molar-refractivity contribution < 1.29 is 19.0 Å². The predicted molar refractivity (Wildman–Crippen MR) is 126 cm³/mol. The molecule has 0 aliphatic rings. The van der Waals surface area contributed by atoms with Gasteiger partial charge in [0.15, 0.2) is 0 Å². The molecule has 0 fully saturated rings. The Bertz CT molecular complexity index is 1380. The molecule has 0 unspecified atom stereocenters. The number of aryl methyl sites for hydroxylation is 3. The van der Waals surface area contributed by atoms with Crippen molar-refractivity contribution in [1.82, 2.24) is 29.6 Å². The lowest BCUT2D eigenvalue weighted by Gasteiger charge is -2.12. The van der Waals surface area contributed by atoms with E-state index in [4.69, 9.17) is 9.72 Å². The number of rotatable bonds is 7. The minimum Gasteiger partial charge on any atom is -0.494 e. The first-order chi connectivity index (χ1) is 16.2. The molecule has 4 aromatic heterocycles. The summed E-state index contributed by atoms with van der Waals surface area (Å²) in [4.78, 5) is 21.8. The number of hydrogen-bond donors (Lipinski definition) is 2. The molecule has 9 nitrogen and oxygen atoms in total. The van der Waals surface area contributed by atoms with E-state index in [2.05, 4.69) is 15.4 Å². The SMILES string of the molecule is COc1ncc(-c2cc(C)c3c(O)n(-c4cnn(CCF)c4)c(C)c3n2)cc1C(=O)NC(C)C. The average molecular weight is 467 g/mol. The van der Waals surface area contributed by atoms with Gasteiger partial charge in [-0.1, -0.05) is 0 Å². The molecule has 0 radical (unpaired) electrons.